The van der Waals surface area contributed by atoms with Crippen molar-refractivity contribution in [3.63, 3.8) is 0 Å². The molecule has 1 aromatic carbocycles. The summed E-state index contributed by atoms with van der Waals surface area (Å²) in [7, 11) is -3.22. The summed E-state index contributed by atoms with van der Waals surface area (Å²) in [6.45, 7) is 5.33. The number of hydrogen-bond acceptors (Lipinski definition) is 4. The van der Waals surface area contributed by atoms with Gasteiger partial charge in [-0.25, -0.2) is 12.7 Å². The molecule has 3 rings (SSSR count). The van der Waals surface area contributed by atoms with Crippen LogP contribution in [0.4, 0.5) is 0 Å². The van der Waals surface area contributed by atoms with Crippen LogP contribution in [0.2, 0.25) is 0 Å². The summed E-state index contributed by atoms with van der Waals surface area (Å²) in [4.78, 5) is 2.42. The Hall–Kier alpha value is -0.180. The lowest BCUT2D eigenvalue weighted by Crippen LogP contribution is -2.49. The van der Waals surface area contributed by atoms with Crippen molar-refractivity contribution in [2.45, 2.75) is 18.2 Å². The second kappa shape index (κ2) is 8.27. The molecule has 1 aromatic rings. The molecule has 2 aliphatic heterocycles. The normalized spacial score (nSPS) is 23.6. The Morgan fingerprint density at radius 2 is 1.78 bits per heavy atom. The van der Waals surface area contributed by atoms with Crippen molar-refractivity contribution in [3.8, 4) is 0 Å². The molecule has 130 valence electrons. The lowest BCUT2D eigenvalue weighted by Gasteiger charge is -2.32. The Kier molecular flexibility index (Phi) is 6.88. The summed E-state index contributed by atoms with van der Waals surface area (Å²) < 4.78 is 27.8. The fraction of sp³-hybridized carbons (Fsp3) is 0.600. The van der Waals surface area contributed by atoms with E-state index in [1.807, 2.05) is 24.3 Å². The zero-order valence-corrected chi connectivity index (χ0v) is 16.2. The molecule has 0 aromatic heterocycles. The predicted molar refractivity (Wildman–Crippen MR) is 98.4 cm³/mol. The van der Waals surface area contributed by atoms with E-state index in [4.69, 9.17) is 0 Å². The summed E-state index contributed by atoms with van der Waals surface area (Å²) in [5.41, 5.74) is 0.842. The van der Waals surface area contributed by atoms with Gasteiger partial charge in [-0.05, 0) is 24.1 Å². The van der Waals surface area contributed by atoms with Crippen LogP contribution < -0.4 is 5.32 Å². The van der Waals surface area contributed by atoms with Gasteiger partial charge in [0, 0.05) is 49.8 Å². The first-order valence-electron chi connectivity index (χ1n) is 7.72. The Labute approximate surface area is 153 Å². The van der Waals surface area contributed by atoms with Crippen molar-refractivity contribution in [3.05, 3.63) is 34.3 Å². The molecule has 1 unspecified atom stereocenters. The standard InChI is InChI=1S/C15H22BrN3O2S.ClH/c16-14-3-1-13(2-4-14)12-22(20,21)19-8-5-15(11-19)18-9-6-17-7-10-18;/h1-4,15,17H,5-12H2;1H. The van der Waals surface area contributed by atoms with E-state index in [1.165, 1.54) is 0 Å². The first-order chi connectivity index (χ1) is 10.5. The van der Waals surface area contributed by atoms with Gasteiger partial charge in [-0.15, -0.1) is 12.4 Å². The number of hydrogen-bond donors (Lipinski definition) is 1. The number of benzene rings is 1. The largest absolute Gasteiger partial charge is 0.314 e. The first kappa shape index (κ1) is 19.1. The predicted octanol–water partition coefficient (Wildman–Crippen LogP) is 1.68. The highest BCUT2D eigenvalue weighted by molar-refractivity contribution is 9.10. The molecular formula is C15H23BrClN3O2S. The zero-order chi connectivity index (χ0) is 15.6. The van der Waals surface area contributed by atoms with Crippen LogP contribution >= 0.6 is 28.3 Å². The number of piperazine rings is 1. The van der Waals surface area contributed by atoms with E-state index in [0.717, 1.165) is 42.6 Å². The third kappa shape index (κ3) is 4.90. The van der Waals surface area contributed by atoms with E-state index in [0.29, 0.717) is 19.1 Å². The molecule has 2 fully saturated rings. The van der Waals surface area contributed by atoms with E-state index in [2.05, 4.69) is 26.1 Å². The highest BCUT2D eigenvalue weighted by atomic mass is 79.9. The smallest absolute Gasteiger partial charge is 0.218 e. The summed E-state index contributed by atoms with van der Waals surface area (Å²) >= 11 is 3.37. The molecule has 2 aliphatic rings. The Morgan fingerprint density at radius 1 is 1.13 bits per heavy atom. The third-order valence-corrected chi connectivity index (χ3v) is 6.80. The summed E-state index contributed by atoms with van der Waals surface area (Å²) in [6, 6.07) is 7.88. The number of nitrogens with one attached hydrogen (secondary N) is 1. The molecule has 5 nitrogen and oxygen atoms in total. The van der Waals surface area contributed by atoms with Gasteiger partial charge in [-0.2, -0.15) is 0 Å². The maximum atomic E-state index is 12.6. The molecule has 2 heterocycles. The maximum absolute atomic E-state index is 12.6. The molecule has 8 heteroatoms. The SMILES string of the molecule is Cl.O=S(=O)(Cc1ccc(Br)cc1)N1CCC(N2CCNCC2)C1. The molecule has 0 radical (unpaired) electrons. The highest BCUT2D eigenvalue weighted by Gasteiger charge is 2.34. The highest BCUT2D eigenvalue weighted by Crippen LogP contribution is 2.22. The summed E-state index contributed by atoms with van der Waals surface area (Å²) in [6.07, 6.45) is 0.944. The number of rotatable bonds is 4. The van der Waals surface area contributed by atoms with E-state index < -0.39 is 10.0 Å². The molecule has 0 bridgehead atoms. The number of sulfonamides is 1. The lowest BCUT2D eigenvalue weighted by atomic mass is 10.2. The van der Waals surface area contributed by atoms with Crippen LogP contribution in [0.5, 0.6) is 0 Å². The summed E-state index contributed by atoms with van der Waals surface area (Å²) in [5, 5.41) is 3.34. The molecule has 23 heavy (non-hydrogen) atoms. The van der Waals surface area contributed by atoms with Crippen molar-refractivity contribution in [1.82, 2.24) is 14.5 Å². The van der Waals surface area contributed by atoms with Gasteiger partial charge in [0.1, 0.15) is 0 Å². The van der Waals surface area contributed by atoms with Gasteiger partial charge in [-0.1, -0.05) is 28.1 Å². The van der Waals surface area contributed by atoms with Crippen LogP contribution in [0, 0.1) is 0 Å². The van der Waals surface area contributed by atoms with E-state index in [1.54, 1.807) is 4.31 Å². The van der Waals surface area contributed by atoms with Gasteiger partial charge in [0.15, 0.2) is 0 Å². The van der Waals surface area contributed by atoms with Crippen LogP contribution in [-0.4, -0.2) is 62.9 Å². The fourth-order valence-electron chi connectivity index (χ4n) is 3.19. The molecule has 1 N–H and O–H groups in total. The fourth-order valence-corrected chi connectivity index (χ4v) is 5.03. The average molecular weight is 425 g/mol. The van der Waals surface area contributed by atoms with E-state index >= 15 is 0 Å². The molecule has 0 spiro atoms. The zero-order valence-electron chi connectivity index (χ0n) is 12.9. The van der Waals surface area contributed by atoms with Gasteiger partial charge in [0.2, 0.25) is 10.0 Å². The van der Waals surface area contributed by atoms with Crippen LogP contribution in [0.3, 0.4) is 0 Å². The maximum Gasteiger partial charge on any atom is 0.218 e. The quantitative estimate of drug-likeness (QED) is 0.799. The molecule has 0 aliphatic carbocycles. The lowest BCUT2D eigenvalue weighted by molar-refractivity contribution is 0.179. The Balaban J connectivity index is 0.00000192. The van der Waals surface area contributed by atoms with Crippen molar-refractivity contribution in [1.29, 1.82) is 0 Å². The van der Waals surface area contributed by atoms with Crippen LogP contribution in [0.15, 0.2) is 28.7 Å². The summed E-state index contributed by atoms with van der Waals surface area (Å²) in [5.74, 6) is 0.0918. The van der Waals surface area contributed by atoms with Crippen LogP contribution in [0.25, 0.3) is 0 Å². The van der Waals surface area contributed by atoms with Gasteiger partial charge >= 0.3 is 0 Å². The van der Waals surface area contributed by atoms with Crippen LogP contribution in [0.1, 0.15) is 12.0 Å². The Bertz CT molecular complexity index is 606. The topological polar surface area (TPSA) is 52.7 Å². The molecular weight excluding hydrogens is 402 g/mol. The molecule has 2 saturated heterocycles. The van der Waals surface area contributed by atoms with Gasteiger partial charge in [-0.3, -0.25) is 4.90 Å². The number of halogens is 2. The van der Waals surface area contributed by atoms with Crippen molar-refractivity contribution >= 4 is 38.4 Å². The van der Waals surface area contributed by atoms with Crippen LogP contribution in [-0.2, 0) is 15.8 Å². The first-order valence-corrected chi connectivity index (χ1v) is 10.1. The molecule has 0 amide bonds. The van der Waals surface area contributed by atoms with E-state index in [-0.39, 0.29) is 18.2 Å². The van der Waals surface area contributed by atoms with E-state index in [9.17, 15) is 8.42 Å². The minimum absolute atomic E-state index is 0. The second-order valence-corrected chi connectivity index (χ2v) is 8.85. The van der Waals surface area contributed by atoms with Gasteiger partial charge in [0.05, 0.1) is 5.75 Å². The minimum atomic E-state index is -3.22. The monoisotopic (exact) mass is 423 g/mol. The second-order valence-electron chi connectivity index (χ2n) is 5.97. The van der Waals surface area contributed by atoms with Gasteiger partial charge < -0.3 is 5.32 Å². The van der Waals surface area contributed by atoms with Crippen molar-refractivity contribution in [2.75, 3.05) is 39.3 Å². The number of nitrogens with zero attached hydrogens (tertiary/aromatic N) is 2. The third-order valence-electron chi connectivity index (χ3n) is 4.45. The molecule has 0 saturated carbocycles. The van der Waals surface area contributed by atoms with Gasteiger partial charge in [0.25, 0.3) is 0 Å². The Morgan fingerprint density at radius 3 is 2.43 bits per heavy atom. The average Bonchev–Trinajstić information content (AvgIpc) is 3.01. The minimum Gasteiger partial charge on any atom is -0.314 e. The van der Waals surface area contributed by atoms with Crippen molar-refractivity contribution in [2.24, 2.45) is 0 Å². The molecule has 1 atom stereocenters. The van der Waals surface area contributed by atoms with Crippen molar-refractivity contribution < 1.29 is 8.42 Å².